The fourth-order valence-electron chi connectivity index (χ4n) is 4.24. The molecule has 0 aliphatic carbocycles. The van der Waals surface area contributed by atoms with E-state index in [1.54, 1.807) is 22.9 Å². The van der Waals surface area contributed by atoms with Gasteiger partial charge in [-0.25, -0.2) is 14.4 Å². The summed E-state index contributed by atoms with van der Waals surface area (Å²) in [6, 6.07) is 10.0. The molecule has 0 bridgehead atoms. The highest BCUT2D eigenvalue weighted by atomic mass is 32.2. The minimum absolute atomic E-state index is 0.0618. The van der Waals surface area contributed by atoms with Crippen molar-refractivity contribution in [2.24, 2.45) is 0 Å². The molecule has 0 spiro atoms. The molecule has 3 aromatic heterocycles. The van der Waals surface area contributed by atoms with E-state index in [-0.39, 0.29) is 35.6 Å². The van der Waals surface area contributed by atoms with Crippen molar-refractivity contribution in [3.8, 4) is 0 Å². The number of likely N-dealkylation sites (tertiary alicyclic amines) is 1. The van der Waals surface area contributed by atoms with Crippen LogP contribution in [-0.2, 0) is 11.3 Å². The van der Waals surface area contributed by atoms with Gasteiger partial charge in [0.25, 0.3) is 5.56 Å². The summed E-state index contributed by atoms with van der Waals surface area (Å²) < 4.78 is 15.5. The Bertz CT molecular complexity index is 1380. The third kappa shape index (κ3) is 4.39. The lowest BCUT2D eigenvalue weighted by Crippen LogP contribution is -2.43. The van der Waals surface area contributed by atoms with E-state index in [0.717, 1.165) is 41.6 Å². The molecule has 170 valence electrons. The SMILES string of the molecule is CC1CCCCN1C(=O)CSc1nc2c(sc3ncccc32)c(=O)n1Cc1ccc(F)cc1. The number of nitrogens with zero attached hydrogens (tertiary/aromatic N) is 4. The Morgan fingerprint density at radius 3 is 2.85 bits per heavy atom. The van der Waals surface area contributed by atoms with Gasteiger partial charge in [0.2, 0.25) is 5.91 Å². The van der Waals surface area contributed by atoms with E-state index in [4.69, 9.17) is 4.98 Å². The van der Waals surface area contributed by atoms with Gasteiger partial charge in [-0.2, -0.15) is 0 Å². The summed E-state index contributed by atoms with van der Waals surface area (Å²) in [7, 11) is 0. The minimum Gasteiger partial charge on any atom is -0.339 e. The van der Waals surface area contributed by atoms with Gasteiger partial charge in [0, 0.05) is 24.2 Å². The monoisotopic (exact) mass is 482 g/mol. The number of thioether (sulfide) groups is 1. The second-order valence-electron chi connectivity index (χ2n) is 8.27. The molecule has 5 rings (SSSR count). The molecular formula is C24H23FN4O2S2. The number of amides is 1. The zero-order valence-corrected chi connectivity index (χ0v) is 19.8. The molecular weight excluding hydrogens is 459 g/mol. The van der Waals surface area contributed by atoms with Crippen molar-refractivity contribution in [3.63, 3.8) is 0 Å². The van der Waals surface area contributed by atoms with Crippen LogP contribution in [0.2, 0.25) is 0 Å². The van der Waals surface area contributed by atoms with Crippen molar-refractivity contribution in [1.82, 2.24) is 19.4 Å². The number of fused-ring (bicyclic) bond motifs is 3. The van der Waals surface area contributed by atoms with Crippen LogP contribution in [0.25, 0.3) is 20.4 Å². The molecule has 1 atom stereocenters. The number of carbonyl (C=O) groups is 1. The van der Waals surface area contributed by atoms with E-state index in [2.05, 4.69) is 11.9 Å². The molecule has 1 amide bonds. The predicted octanol–water partition coefficient (Wildman–Crippen LogP) is 4.69. The van der Waals surface area contributed by atoms with Crippen molar-refractivity contribution >= 4 is 49.4 Å². The number of aromatic nitrogens is 3. The lowest BCUT2D eigenvalue weighted by Gasteiger charge is -2.33. The van der Waals surface area contributed by atoms with Gasteiger partial charge in [-0.1, -0.05) is 23.9 Å². The number of thiophene rings is 1. The van der Waals surface area contributed by atoms with Gasteiger partial charge in [0.05, 0.1) is 17.8 Å². The van der Waals surface area contributed by atoms with Gasteiger partial charge in [-0.05, 0) is 56.0 Å². The molecule has 1 unspecified atom stereocenters. The Balaban J connectivity index is 1.54. The predicted molar refractivity (Wildman–Crippen MR) is 130 cm³/mol. The summed E-state index contributed by atoms with van der Waals surface area (Å²) >= 11 is 2.61. The number of piperidine rings is 1. The van der Waals surface area contributed by atoms with Gasteiger partial charge in [0.15, 0.2) is 5.16 Å². The standard InChI is InChI=1S/C24H23FN4O2S2/c1-15-5-2-3-12-28(15)19(30)14-32-24-27-20-18-6-4-11-26-22(18)33-21(20)23(31)29(24)13-16-7-9-17(25)10-8-16/h4,6-11,15H,2-3,5,12-14H2,1H3. The summed E-state index contributed by atoms with van der Waals surface area (Å²) in [5, 5.41) is 1.32. The van der Waals surface area contributed by atoms with E-state index in [9.17, 15) is 14.0 Å². The molecule has 0 N–H and O–H groups in total. The zero-order chi connectivity index (χ0) is 22.9. The number of rotatable bonds is 5. The highest BCUT2D eigenvalue weighted by molar-refractivity contribution is 7.99. The first-order valence-corrected chi connectivity index (χ1v) is 12.8. The van der Waals surface area contributed by atoms with Crippen LogP contribution in [0, 0.1) is 5.82 Å². The van der Waals surface area contributed by atoms with Crippen molar-refractivity contribution in [1.29, 1.82) is 0 Å². The highest BCUT2D eigenvalue weighted by Gasteiger charge is 2.24. The van der Waals surface area contributed by atoms with Crippen molar-refractivity contribution < 1.29 is 9.18 Å². The largest absolute Gasteiger partial charge is 0.339 e. The van der Waals surface area contributed by atoms with E-state index in [1.165, 1.54) is 35.2 Å². The van der Waals surface area contributed by atoms with E-state index < -0.39 is 0 Å². The van der Waals surface area contributed by atoms with E-state index in [1.807, 2.05) is 17.0 Å². The molecule has 1 fully saturated rings. The molecule has 6 nitrogen and oxygen atoms in total. The fourth-order valence-corrected chi connectivity index (χ4v) is 6.15. The van der Waals surface area contributed by atoms with Crippen LogP contribution in [0.4, 0.5) is 4.39 Å². The van der Waals surface area contributed by atoms with Gasteiger partial charge < -0.3 is 4.90 Å². The van der Waals surface area contributed by atoms with Crippen LogP contribution in [0.3, 0.4) is 0 Å². The number of carbonyl (C=O) groups excluding carboxylic acids is 1. The van der Waals surface area contributed by atoms with Gasteiger partial charge in [-0.3, -0.25) is 14.2 Å². The van der Waals surface area contributed by atoms with Crippen LogP contribution in [0.5, 0.6) is 0 Å². The number of pyridine rings is 1. The van der Waals surface area contributed by atoms with E-state index >= 15 is 0 Å². The van der Waals surface area contributed by atoms with Crippen LogP contribution in [0.1, 0.15) is 31.7 Å². The summed E-state index contributed by atoms with van der Waals surface area (Å²) in [6.07, 6.45) is 4.88. The minimum atomic E-state index is -0.328. The second kappa shape index (κ2) is 9.23. The van der Waals surface area contributed by atoms with Crippen LogP contribution in [-0.4, -0.2) is 43.7 Å². The molecule has 33 heavy (non-hydrogen) atoms. The average molecular weight is 483 g/mol. The molecule has 1 aliphatic rings. The third-order valence-corrected chi connectivity index (χ3v) is 8.07. The maximum absolute atomic E-state index is 13.5. The average Bonchev–Trinajstić information content (AvgIpc) is 3.20. The number of hydrogen-bond donors (Lipinski definition) is 0. The smallest absolute Gasteiger partial charge is 0.272 e. The highest BCUT2D eigenvalue weighted by Crippen LogP contribution is 2.31. The molecule has 0 radical (unpaired) electrons. The van der Waals surface area contributed by atoms with Crippen molar-refractivity contribution in [3.05, 3.63) is 64.3 Å². The summed E-state index contributed by atoms with van der Waals surface area (Å²) in [5.41, 5.74) is 1.23. The van der Waals surface area contributed by atoms with Crippen molar-refractivity contribution in [2.75, 3.05) is 12.3 Å². The third-order valence-electron chi connectivity index (χ3n) is 6.02. The van der Waals surface area contributed by atoms with Gasteiger partial charge >= 0.3 is 0 Å². The maximum Gasteiger partial charge on any atom is 0.272 e. The Labute approximate surface area is 198 Å². The molecule has 9 heteroatoms. The number of benzene rings is 1. The molecule has 4 aromatic rings. The molecule has 1 saturated heterocycles. The second-order valence-corrected chi connectivity index (χ2v) is 10.2. The fraction of sp³-hybridized carbons (Fsp3) is 0.333. The topological polar surface area (TPSA) is 68.1 Å². The maximum atomic E-state index is 13.5. The lowest BCUT2D eigenvalue weighted by atomic mass is 10.0. The molecule has 1 aromatic carbocycles. The summed E-state index contributed by atoms with van der Waals surface area (Å²) in [4.78, 5) is 38.3. The van der Waals surface area contributed by atoms with Gasteiger partial charge in [0.1, 0.15) is 15.3 Å². The summed E-state index contributed by atoms with van der Waals surface area (Å²) in [6.45, 7) is 3.11. The number of hydrogen-bond acceptors (Lipinski definition) is 6. The van der Waals surface area contributed by atoms with Crippen LogP contribution < -0.4 is 5.56 Å². The first-order valence-electron chi connectivity index (χ1n) is 11.0. The van der Waals surface area contributed by atoms with Crippen molar-refractivity contribution in [2.45, 2.75) is 43.9 Å². The van der Waals surface area contributed by atoms with E-state index in [0.29, 0.717) is 15.4 Å². The first kappa shape index (κ1) is 22.0. The number of halogens is 1. The van der Waals surface area contributed by atoms with Crippen LogP contribution in [0.15, 0.2) is 52.5 Å². The van der Waals surface area contributed by atoms with Gasteiger partial charge in [-0.15, -0.1) is 11.3 Å². The molecule has 1 aliphatic heterocycles. The zero-order valence-electron chi connectivity index (χ0n) is 18.2. The summed E-state index contributed by atoms with van der Waals surface area (Å²) in [5.74, 6) is -0.0516. The Kier molecular flexibility index (Phi) is 6.16. The van der Waals surface area contributed by atoms with Crippen LogP contribution >= 0.6 is 23.1 Å². The quantitative estimate of drug-likeness (QED) is 0.305. The normalized spacial score (nSPS) is 16.5. The Morgan fingerprint density at radius 1 is 1.24 bits per heavy atom. The first-order chi connectivity index (χ1) is 16.0. The Morgan fingerprint density at radius 2 is 2.06 bits per heavy atom. The Hall–Kier alpha value is -2.78. The lowest BCUT2D eigenvalue weighted by molar-refractivity contribution is -0.131. The molecule has 4 heterocycles. The molecule has 0 saturated carbocycles.